The molecule has 2 rings (SSSR count). The Labute approximate surface area is 120 Å². The summed E-state index contributed by atoms with van der Waals surface area (Å²) in [6.07, 6.45) is 0.781. The molecule has 0 radical (unpaired) electrons. The number of hydrogen-bond acceptors (Lipinski definition) is 7. The Bertz CT molecular complexity index is 682. The van der Waals surface area contributed by atoms with E-state index in [9.17, 15) is 23.3 Å². The van der Waals surface area contributed by atoms with Crippen molar-refractivity contribution >= 4 is 27.3 Å². The Kier molecular flexibility index (Phi) is 3.85. The summed E-state index contributed by atoms with van der Waals surface area (Å²) < 4.78 is 24.6. The lowest BCUT2D eigenvalue weighted by Crippen LogP contribution is -2.50. The van der Waals surface area contributed by atoms with E-state index in [4.69, 9.17) is 5.11 Å². The Hall–Kier alpha value is -2.17. The second-order valence-electron chi connectivity index (χ2n) is 4.83. The maximum Gasteiger partial charge on any atom is 0.330 e. The van der Waals surface area contributed by atoms with E-state index in [1.54, 1.807) is 0 Å². The van der Waals surface area contributed by atoms with Crippen molar-refractivity contribution in [2.45, 2.75) is 12.5 Å². The van der Waals surface area contributed by atoms with Crippen LogP contribution in [0.15, 0.2) is 6.20 Å². The standard InChI is InChI=1S/C10H14N4O6S/c1-12-5-8(14(17)18)10(11-12)13-2-3-21(19,20)6-7(13)4-9(15)16/h5,7H,2-4,6H2,1H3,(H,15,16). The second-order valence-corrected chi connectivity index (χ2v) is 7.06. The SMILES string of the molecule is Cn1cc([N+](=O)[O-])c(N2CCS(=O)(=O)CC2CC(=O)O)n1. The lowest BCUT2D eigenvalue weighted by Gasteiger charge is -2.34. The number of nitrogens with zero attached hydrogens (tertiary/aromatic N) is 4. The minimum atomic E-state index is -3.35. The lowest BCUT2D eigenvalue weighted by atomic mass is 10.2. The van der Waals surface area contributed by atoms with E-state index in [0.29, 0.717) is 0 Å². The van der Waals surface area contributed by atoms with Crippen LogP contribution in [0, 0.1) is 10.1 Å². The van der Waals surface area contributed by atoms with Crippen molar-refractivity contribution in [1.82, 2.24) is 9.78 Å². The summed E-state index contributed by atoms with van der Waals surface area (Å²) in [4.78, 5) is 22.7. The van der Waals surface area contributed by atoms with Gasteiger partial charge in [-0.25, -0.2) is 8.42 Å². The van der Waals surface area contributed by atoms with Crippen LogP contribution in [0.3, 0.4) is 0 Å². The zero-order chi connectivity index (χ0) is 15.8. The van der Waals surface area contributed by atoms with E-state index in [-0.39, 0.29) is 29.6 Å². The molecule has 0 bridgehead atoms. The number of carbonyl (C=O) groups is 1. The smallest absolute Gasteiger partial charge is 0.330 e. The molecule has 1 atom stereocenters. The number of anilines is 1. The van der Waals surface area contributed by atoms with E-state index in [2.05, 4.69) is 5.10 Å². The number of aliphatic carboxylic acids is 1. The van der Waals surface area contributed by atoms with Crippen LogP contribution in [0.5, 0.6) is 0 Å². The molecule has 2 heterocycles. The van der Waals surface area contributed by atoms with Gasteiger partial charge in [-0.15, -0.1) is 5.10 Å². The molecule has 0 spiro atoms. The second kappa shape index (κ2) is 5.31. The highest BCUT2D eigenvalue weighted by Crippen LogP contribution is 2.30. The van der Waals surface area contributed by atoms with Gasteiger partial charge in [0.15, 0.2) is 9.84 Å². The summed E-state index contributed by atoms with van der Waals surface area (Å²) in [6, 6.07) is -0.866. The largest absolute Gasteiger partial charge is 0.481 e. The number of carboxylic acid groups (broad SMARTS) is 1. The quantitative estimate of drug-likeness (QED) is 0.574. The summed E-state index contributed by atoms with van der Waals surface area (Å²) >= 11 is 0. The summed E-state index contributed by atoms with van der Waals surface area (Å²) in [6.45, 7) is -0.0157. The average Bonchev–Trinajstić information content (AvgIpc) is 2.69. The van der Waals surface area contributed by atoms with Gasteiger partial charge in [-0.1, -0.05) is 0 Å². The summed E-state index contributed by atoms with van der Waals surface area (Å²) in [5.74, 6) is -1.70. The van der Waals surface area contributed by atoms with Gasteiger partial charge < -0.3 is 10.0 Å². The molecular weight excluding hydrogens is 304 g/mol. The van der Waals surface area contributed by atoms with Crippen molar-refractivity contribution < 1.29 is 23.2 Å². The third-order valence-corrected chi connectivity index (χ3v) is 4.90. The van der Waals surface area contributed by atoms with E-state index in [1.807, 2.05) is 0 Å². The lowest BCUT2D eigenvalue weighted by molar-refractivity contribution is -0.384. The topological polar surface area (TPSA) is 136 Å². The molecule has 0 aliphatic carbocycles. The highest BCUT2D eigenvalue weighted by Gasteiger charge is 2.37. The number of aromatic nitrogens is 2. The Morgan fingerprint density at radius 2 is 2.29 bits per heavy atom. The van der Waals surface area contributed by atoms with Crippen molar-refractivity contribution in [3.05, 3.63) is 16.3 Å². The average molecular weight is 318 g/mol. The fraction of sp³-hybridized carbons (Fsp3) is 0.600. The fourth-order valence-electron chi connectivity index (χ4n) is 2.33. The van der Waals surface area contributed by atoms with Gasteiger partial charge in [0.2, 0.25) is 5.82 Å². The van der Waals surface area contributed by atoms with Crippen molar-refractivity contribution in [2.24, 2.45) is 7.05 Å². The molecule has 1 saturated heterocycles. The summed E-state index contributed by atoms with van der Waals surface area (Å²) in [7, 11) is -1.85. The molecule has 1 aromatic heterocycles. The van der Waals surface area contributed by atoms with Gasteiger partial charge in [-0.05, 0) is 0 Å². The molecule has 1 N–H and O–H groups in total. The Balaban J connectivity index is 2.40. The number of carboxylic acids is 1. The van der Waals surface area contributed by atoms with Gasteiger partial charge in [-0.3, -0.25) is 19.6 Å². The van der Waals surface area contributed by atoms with Crippen molar-refractivity contribution in [2.75, 3.05) is 23.0 Å². The molecule has 1 aromatic rings. The van der Waals surface area contributed by atoms with Gasteiger partial charge in [0.25, 0.3) is 0 Å². The first-order valence-corrected chi connectivity index (χ1v) is 7.88. The summed E-state index contributed by atoms with van der Waals surface area (Å²) in [5.41, 5.74) is -0.271. The zero-order valence-corrected chi connectivity index (χ0v) is 12.0. The molecule has 21 heavy (non-hydrogen) atoms. The van der Waals surface area contributed by atoms with Crippen LogP contribution in [0.25, 0.3) is 0 Å². The van der Waals surface area contributed by atoms with Gasteiger partial charge in [0, 0.05) is 13.6 Å². The third-order valence-electron chi connectivity index (χ3n) is 3.20. The maximum absolute atomic E-state index is 11.7. The van der Waals surface area contributed by atoms with Crippen LogP contribution < -0.4 is 4.90 Å². The number of rotatable bonds is 4. The number of aryl methyl sites for hydroxylation is 1. The molecule has 116 valence electrons. The van der Waals surface area contributed by atoms with Gasteiger partial charge in [0.05, 0.1) is 28.9 Å². The van der Waals surface area contributed by atoms with E-state index >= 15 is 0 Å². The molecule has 1 unspecified atom stereocenters. The van der Waals surface area contributed by atoms with E-state index in [0.717, 1.165) is 0 Å². The predicted octanol–water partition coefficient (Wildman–Crippen LogP) is -0.594. The third kappa shape index (κ3) is 3.29. The monoisotopic (exact) mass is 318 g/mol. The minimum absolute atomic E-state index is 0.00338. The first-order chi connectivity index (χ1) is 9.69. The number of hydrogen-bond donors (Lipinski definition) is 1. The molecule has 0 amide bonds. The Morgan fingerprint density at radius 1 is 1.62 bits per heavy atom. The molecule has 0 saturated carbocycles. The molecule has 1 aliphatic rings. The normalized spacial score (nSPS) is 21.2. The molecule has 1 fully saturated rings. The highest BCUT2D eigenvalue weighted by molar-refractivity contribution is 7.91. The van der Waals surface area contributed by atoms with E-state index < -0.39 is 33.2 Å². The van der Waals surface area contributed by atoms with Gasteiger partial charge in [-0.2, -0.15) is 0 Å². The maximum atomic E-state index is 11.7. The molecule has 11 heteroatoms. The van der Waals surface area contributed by atoms with Crippen molar-refractivity contribution in [3.8, 4) is 0 Å². The van der Waals surface area contributed by atoms with Crippen LogP contribution in [0.1, 0.15) is 6.42 Å². The molecule has 1 aliphatic heterocycles. The Morgan fingerprint density at radius 3 is 2.86 bits per heavy atom. The fourth-order valence-corrected chi connectivity index (χ4v) is 3.86. The highest BCUT2D eigenvalue weighted by atomic mass is 32.2. The van der Waals surface area contributed by atoms with E-state index in [1.165, 1.54) is 22.8 Å². The van der Waals surface area contributed by atoms with Crippen LogP contribution in [0.2, 0.25) is 0 Å². The van der Waals surface area contributed by atoms with Crippen LogP contribution >= 0.6 is 0 Å². The molecule has 10 nitrogen and oxygen atoms in total. The van der Waals surface area contributed by atoms with Gasteiger partial charge >= 0.3 is 11.7 Å². The first kappa shape index (κ1) is 15.2. The predicted molar refractivity (Wildman–Crippen MR) is 71.9 cm³/mol. The zero-order valence-electron chi connectivity index (χ0n) is 11.2. The number of sulfone groups is 1. The summed E-state index contributed by atoms with van der Waals surface area (Å²) in [5, 5.41) is 23.9. The molecular formula is C10H14N4O6S. The van der Waals surface area contributed by atoms with Gasteiger partial charge in [0.1, 0.15) is 6.20 Å². The van der Waals surface area contributed by atoms with Crippen molar-refractivity contribution in [1.29, 1.82) is 0 Å². The van der Waals surface area contributed by atoms with Crippen LogP contribution in [-0.2, 0) is 21.7 Å². The van der Waals surface area contributed by atoms with Crippen LogP contribution in [0.4, 0.5) is 11.5 Å². The van der Waals surface area contributed by atoms with Crippen LogP contribution in [-0.4, -0.2) is 58.3 Å². The first-order valence-electron chi connectivity index (χ1n) is 6.06. The molecule has 0 aromatic carbocycles. The van der Waals surface area contributed by atoms with Crippen molar-refractivity contribution in [3.63, 3.8) is 0 Å². The number of nitro groups is 1. The minimum Gasteiger partial charge on any atom is -0.481 e.